The highest BCUT2D eigenvalue weighted by atomic mass is 35.5. The fourth-order valence-electron chi connectivity index (χ4n) is 2.98. The maximum Gasteiger partial charge on any atom is 0.222 e. The zero-order chi connectivity index (χ0) is 14.7. The quantitative estimate of drug-likeness (QED) is 0.905. The minimum absolute atomic E-state index is 0. The van der Waals surface area contributed by atoms with Crippen LogP contribution in [0.25, 0.3) is 0 Å². The molecule has 2 fully saturated rings. The molecule has 1 aromatic rings. The lowest BCUT2D eigenvalue weighted by Gasteiger charge is -2.38. The van der Waals surface area contributed by atoms with Crippen LogP contribution in [-0.4, -0.2) is 36.5 Å². The second kappa shape index (κ2) is 7.95. The van der Waals surface area contributed by atoms with Crippen molar-refractivity contribution >= 4 is 18.3 Å². The molecule has 1 amide bonds. The first-order chi connectivity index (χ1) is 10.3. The first-order valence-electron chi connectivity index (χ1n) is 7.96. The summed E-state index contributed by atoms with van der Waals surface area (Å²) < 4.78 is 6.26. The molecule has 22 heavy (non-hydrogen) atoms. The number of hydrogen-bond acceptors (Lipinski definition) is 3. The lowest BCUT2D eigenvalue weighted by Crippen LogP contribution is -2.47. The minimum atomic E-state index is 0. The molecule has 3 rings (SSSR count). The summed E-state index contributed by atoms with van der Waals surface area (Å²) in [6, 6.07) is 10.2. The van der Waals surface area contributed by atoms with E-state index in [1.807, 2.05) is 23.1 Å². The van der Waals surface area contributed by atoms with E-state index in [2.05, 4.69) is 12.1 Å². The summed E-state index contributed by atoms with van der Waals surface area (Å²) in [7, 11) is 0. The third kappa shape index (κ3) is 4.22. The maximum atomic E-state index is 12.3. The average Bonchev–Trinajstić information content (AvgIpc) is 3.38. The van der Waals surface area contributed by atoms with Crippen molar-refractivity contribution in [1.82, 2.24) is 4.90 Å². The summed E-state index contributed by atoms with van der Waals surface area (Å²) in [6.07, 6.45) is 3.99. The Labute approximate surface area is 138 Å². The van der Waals surface area contributed by atoms with Crippen LogP contribution >= 0.6 is 12.4 Å². The van der Waals surface area contributed by atoms with Gasteiger partial charge in [-0.15, -0.1) is 12.4 Å². The van der Waals surface area contributed by atoms with Gasteiger partial charge < -0.3 is 15.4 Å². The third-order valence-corrected chi connectivity index (χ3v) is 4.39. The Morgan fingerprint density at radius 1 is 1.23 bits per heavy atom. The van der Waals surface area contributed by atoms with Gasteiger partial charge in [-0.1, -0.05) is 30.3 Å². The van der Waals surface area contributed by atoms with E-state index in [9.17, 15) is 4.79 Å². The predicted molar refractivity (Wildman–Crippen MR) is 88.9 cm³/mol. The molecule has 2 aliphatic rings. The van der Waals surface area contributed by atoms with E-state index in [1.54, 1.807) is 0 Å². The van der Waals surface area contributed by atoms with Crippen molar-refractivity contribution in [2.45, 2.75) is 37.9 Å². The Morgan fingerprint density at radius 2 is 1.95 bits per heavy atom. The first-order valence-corrected chi connectivity index (χ1v) is 7.96. The van der Waals surface area contributed by atoms with Gasteiger partial charge in [0.1, 0.15) is 6.10 Å². The van der Waals surface area contributed by atoms with Gasteiger partial charge >= 0.3 is 0 Å². The van der Waals surface area contributed by atoms with E-state index in [0.717, 1.165) is 13.0 Å². The van der Waals surface area contributed by atoms with Crippen LogP contribution in [0.4, 0.5) is 0 Å². The number of benzene rings is 1. The highest BCUT2D eigenvalue weighted by Crippen LogP contribution is 2.39. The molecule has 122 valence electrons. The number of morpholine rings is 1. The van der Waals surface area contributed by atoms with Crippen LogP contribution in [0.2, 0.25) is 0 Å². The van der Waals surface area contributed by atoms with Gasteiger partial charge in [-0.05, 0) is 37.3 Å². The fraction of sp³-hybridized carbons (Fsp3) is 0.588. The molecule has 1 saturated carbocycles. The molecule has 5 heteroatoms. The van der Waals surface area contributed by atoms with Crippen molar-refractivity contribution in [2.75, 3.05) is 19.6 Å². The lowest BCUT2D eigenvalue weighted by atomic mass is 10.0. The summed E-state index contributed by atoms with van der Waals surface area (Å²) in [5.74, 6) is 0.858. The van der Waals surface area contributed by atoms with Gasteiger partial charge in [0.05, 0.1) is 12.6 Å². The molecule has 1 saturated heterocycles. The molecule has 1 aliphatic heterocycles. The lowest BCUT2D eigenvalue weighted by molar-refractivity contribution is -0.148. The van der Waals surface area contributed by atoms with E-state index >= 15 is 0 Å². The number of nitrogens with two attached hydrogens (primary N) is 1. The molecule has 2 atom stereocenters. The van der Waals surface area contributed by atoms with Crippen molar-refractivity contribution in [3.8, 4) is 0 Å². The second-order valence-electron chi connectivity index (χ2n) is 6.10. The molecule has 0 spiro atoms. The minimum Gasteiger partial charge on any atom is -0.366 e. The van der Waals surface area contributed by atoms with Crippen molar-refractivity contribution in [1.29, 1.82) is 0 Å². The highest BCUT2D eigenvalue weighted by Gasteiger charge is 2.39. The number of ether oxygens (including phenoxy) is 1. The molecular formula is C17H25ClN2O2. The standard InChI is InChI=1S/C17H24N2O2.ClH/c18-10-4-7-17(20)19-11-15(13-5-2-1-3-6-13)21-16(12-19)14-8-9-14;/h1-3,5-6,14-16H,4,7-12,18H2;1H/t15-,16+;/m0./s1. The Bertz CT molecular complexity index is 479. The van der Waals surface area contributed by atoms with Crippen molar-refractivity contribution < 1.29 is 9.53 Å². The molecule has 1 aromatic carbocycles. The maximum absolute atomic E-state index is 12.3. The fourth-order valence-corrected chi connectivity index (χ4v) is 2.98. The second-order valence-corrected chi connectivity index (χ2v) is 6.10. The number of nitrogens with zero attached hydrogens (tertiary/aromatic N) is 1. The van der Waals surface area contributed by atoms with E-state index < -0.39 is 0 Å². The van der Waals surface area contributed by atoms with E-state index in [-0.39, 0.29) is 30.5 Å². The highest BCUT2D eigenvalue weighted by molar-refractivity contribution is 5.85. The predicted octanol–water partition coefficient (Wildman–Crippen LogP) is 2.53. The molecule has 0 bridgehead atoms. The number of carbonyl (C=O) groups is 1. The van der Waals surface area contributed by atoms with Gasteiger partial charge in [-0.2, -0.15) is 0 Å². The van der Waals surface area contributed by atoms with E-state index in [1.165, 1.54) is 18.4 Å². The molecule has 0 radical (unpaired) electrons. The number of rotatable bonds is 5. The normalized spacial score (nSPS) is 24.7. The third-order valence-electron chi connectivity index (χ3n) is 4.39. The van der Waals surface area contributed by atoms with Gasteiger partial charge in [0.2, 0.25) is 5.91 Å². The summed E-state index contributed by atoms with van der Waals surface area (Å²) >= 11 is 0. The Morgan fingerprint density at radius 3 is 2.59 bits per heavy atom. The van der Waals surface area contributed by atoms with Gasteiger partial charge in [-0.3, -0.25) is 4.79 Å². The summed E-state index contributed by atoms with van der Waals surface area (Å²) in [5, 5.41) is 0. The van der Waals surface area contributed by atoms with Crippen LogP contribution in [-0.2, 0) is 9.53 Å². The molecule has 4 nitrogen and oxygen atoms in total. The van der Waals surface area contributed by atoms with Gasteiger partial charge in [0.25, 0.3) is 0 Å². The van der Waals surface area contributed by atoms with Crippen LogP contribution in [0.15, 0.2) is 30.3 Å². The van der Waals surface area contributed by atoms with Gasteiger partial charge in [0, 0.05) is 13.0 Å². The van der Waals surface area contributed by atoms with Gasteiger partial charge in [0.15, 0.2) is 0 Å². The molecule has 0 aromatic heterocycles. The Balaban J connectivity index is 0.00000176. The van der Waals surface area contributed by atoms with Crippen molar-refractivity contribution in [2.24, 2.45) is 11.7 Å². The zero-order valence-electron chi connectivity index (χ0n) is 12.8. The smallest absolute Gasteiger partial charge is 0.222 e. The number of carbonyl (C=O) groups excluding carboxylic acids is 1. The van der Waals surface area contributed by atoms with Crippen molar-refractivity contribution in [3.05, 3.63) is 35.9 Å². The summed E-state index contributed by atoms with van der Waals surface area (Å²) in [5.41, 5.74) is 6.68. The van der Waals surface area contributed by atoms with Crippen LogP contribution in [0.3, 0.4) is 0 Å². The molecular weight excluding hydrogens is 300 g/mol. The van der Waals surface area contributed by atoms with Crippen LogP contribution in [0.5, 0.6) is 0 Å². The topological polar surface area (TPSA) is 55.6 Å². The van der Waals surface area contributed by atoms with E-state index in [0.29, 0.717) is 25.4 Å². The Hall–Kier alpha value is -1.10. The summed E-state index contributed by atoms with van der Waals surface area (Å²) in [4.78, 5) is 14.3. The molecule has 0 unspecified atom stereocenters. The largest absolute Gasteiger partial charge is 0.366 e. The van der Waals surface area contributed by atoms with Crippen LogP contribution in [0, 0.1) is 5.92 Å². The van der Waals surface area contributed by atoms with Gasteiger partial charge in [-0.25, -0.2) is 0 Å². The average molecular weight is 325 g/mol. The number of hydrogen-bond donors (Lipinski definition) is 1. The Kier molecular flexibility index (Phi) is 6.24. The SMILES string of the molecule is Cl.NCCCC(=O)N1C[C@@H](c2ccccc2)O[C@@H](C2CC2)C1. The number of amides is 1. The molecule has 2 N–H and O–H groups in total. The van der Waals surface area contributed by atoms with E-state index in [4.69, 9.17) is 10.5 Å². The van der Waals surface area contributed by atoms with Crippen LogP contribution in [0.1, 0.15) is 37.4 Å². The zero-order valence-corrected chi connectivity index (χ0v) is 13.6. The summed E-state index contributed by atoms with van der Waals surface area (Å²) in [6.45, 7) is 1.98. The van der Waals surface area contributed by atoms with Crippen LogP contribution < -0.4 is 5.73 Å². The number of halogens is 1. The van der Waals surface area contributed by atoms with Crippen molar-refractivity contribution in [3.63, 3.8) is 0 Å². The first kappa shape index (κ1) is 17.3. The molecule has 1 aliphatic carbocycles. The monoisotopic (exact) mass is 324 g/mol. The molecule has 1 heterocycles.